The molecule has 14 heteroatoms. The van der Waals surface area contributed by atoms with Gasteiger partial charge in [0, 0.05) is 51.0 Å². The van der Waals surface area contributed by atoms with E-state index < -0.39 is 11.7 Å². The average molecular weight is 528 g/mol. The quantitative estimate of drug-likeness (QED) is 0.412. The van der Waals surface area contributed by atoms with Crippen LogP contribution in [0.25, 0.3) is 17.2 Å². The van der Waals surface area contributed by atoms with Crippen molar-refractivity contribution in [3.8, 4) is 11.5 Å². The number of pyridine rings is 1. The number of aryl methyl sites for hydroxylation is 1. The summed E-state index contributed by atoms with van der Waals surface area (Å²) in [5.41, 5.74) is 6.64. The molecule has 2 aliphatic rings. The first-order valence-electron chi connectivity index (χ1n) is 12.1. The molecular weight excluding hydrogens is 503 g/mol. The van der Waals surface area contributed by atoms with E-state index in [4.69, 9.17) is 4.52 Å². The number of piperazine rings is 1. The second-order valence-corrected chi connectivity index (χ2v) is 9.36. The summed E-state index contributed by atoms with van der Waals surface area (Å²) < 4.78 is 46.4. The molecule has 6 rings (SSSR count). The van der Waals surface area contributed by atoms with Gasteiger partial charge < -0.3 is 14.3 Å². The molecule has 0 radical (unpaired) electrons. The maximum absolute atomic E-state index is 13.4. The number of nitrogens with one attached hydrogen (secondary N) is 2. The number of halogens is 3. The van der Waals surface area contributed by atoms with Gasteiger partial charge in [0.25, 0.3) is 5.91 Å². The van der Waals surface area contributed by atoms with E-state index in [0.29, 0.717) is 61.2 Å². The highest BCUT2D eigenvalue weighted by Crippen LogP contribution is 2.31. The number of carbonyl (C=O) groups is 1. The lowest BCUT2D eigenvalue weighted by Crippen LogP contribution is -2.59. The van der Waals surface area contributed by atoms with E-state index in [1.54, 1.807) is 19.2 Å². The number of hydrogen-bond donors (Lipinski definition) is 2. The lowest BCUT2D eigenvalue weighted by atomic mass is 9.95. The Morgan fingerprint density at radius 3 is 2.66 bits per heavy atom. The van der Waals surface area contributed by atoms with E-state index >= 15 is 0 Å². The van der Waals surface area contributed by atoms with Crippen LogP contribution in [-0.2, 0) is 6.18 Å². The Labute approximate surface area is 214 Å². The highest BCUT2D eigenvalue weighted by atomic mass is 19.4. The molecule has 0 bridgehead atoms. The molecule has 6 heterocycles. The highest BCUT2D eigenvalue weighted by molar-refractivity contribution is 5.95. The van der Waals surface area contributed by atoms with Crippen LogP contribution in [-0.4, -0.2) is 74.1 Å². The summed E-state index contributed by atoms with van der Waals surface area (Å²) in [7, 11) is 0. The zero-order valence-electron chi connectivity index (χ0n) is 20.3. The van der Waals surface area contributed by atoms with Gasteiger partial charge in [-0.05, 0) is 25.1 Å². The van der Waals surface area contributed by atoms with Gasteiger partial charge in [0.05, 0.1) is 24.0 Å². The molecule has 2 N–H and O–H groups in total. The molecular formula is C24H24F3N9O2. The van der Waals surface area contributed by atoms with E-state index in [1.165, 1.54) is 22.9 Å². The van der Waals surface area contributed by atoms with Crippen molar-refractivity contribution in [1.29, 1.82) is 0 Å². The van der Waals surface area contributed by atoms with Crippen molar-refractivity contribution in [3.63, 3.8) is 0 Å². The van der Waals surface area contributed by atoms with Crippen molar-refractivity contribution >= 4 is 17.4 Å². The normalized spacial score (nSPS) is 19.0. The van der Waals surface area contributed by atoms with Gasteiger partial charge in [0.2, 0.25) is 0 Å². The summed E-state index contributed by atoms with van der Waals surface area (Å²) >= 11 is 0. The van der Waals surface area contributed by atoms with Crippen LogP contribution < -0.4 is 15.8 Å². The van der Waals surface area contributed by atoms with Gasteiger partial charge in [0.15, 0.2) is 5.82 Å². The van der Waals surface area contributed by atoms with Gasteiger partial charge in [-0.25, -0.2) is 15.0 Å². The highest BCUT2D eigenvalue weighted by Gasteiger charge is 2.39. The third-order valence-electron chi connectivity index (χ3n) is 7.09. The molecule has 0 spiro atoms. The molecule has 4 aromatic rings. The molecule has 2 fully saturated rings. The number of aromatic nitrogens is 5. The van der Waals surface area contributed by atoms with Crippen molar-refractivity contribution in [1.82, 2.24) is 40.3 Å². The third kappa shape index (κ3) is 4.35. The Hall–Kier alpha value is -4.04. The maximum atomic E-state index is 13.4. The molecule has 2 saturated heterocycles. The predicted octanol–water partition coefficient (Wildman–Crippen LogP) is 2.16. The fraction of sp³-hybridized carbons (Fsp3) is 0.375. The monoisotopic (exact) mass is 527 g/mol. The van der Waals surface area contributed by atoms with Crippen molar-refractivity contribution in [2.45, 2.75) is 19.1 Å². The molecule has 38 heavy (non-hydrogen) atoms. The number of alkyl halides is 3. The van der Waals surface area contributed by atoms with Crippen molar-refractivity contribution in [2.24, 2.45) is 5.92 Å². The van der Waals surface area contributed by atoms with Crippen LogP contribution in [0.4, 0.5) is 19.0 Å². The average Bonchev–Trinajstić information content (AvgIpc) is 3.68. The van der Waals surface area contributed by atoms with Crippen LogP contribution in [0.15, 0.2) is 47.5 Å². The topological polar surface area (TPSA) is 117 Å². The minimum absolute atomic E-state index is 0.128. The third-order valence-corrected chi connectivity index (χ3v) is 7.09. The lowest BCUT2D eigenvalue weighted by Gasteiger charge is -2.44. The number of hydrogen-bond acceptors (Lipinski definition) is 9. The van der Waals surface area contributed by atoms with Gasteiger partial charge in [-0.1, -0.05) is 5.16 Å². The van der Waals surface area contributed by atoms with Crippen LogP contribution in [0, 0.1) is 12.8 Å². The summed E-state index contributed by atoms with van der Waals surface area (Å²) in [6, 6.07) is 3.95. The minimum atomic E-state index is -4.49. The molecule has 198 valence electrons. The first-order valence-corrected chi connectivity index (χ1v) is 12.1. The molecule has 0 unspecified atom stereocenters. The first kappa shape index (κ1) is 24.3. The van der Waals surface area contributed by atoms with Crippen LogP contribution in [0.3, 0.4) is 0 Å². The standard InChI is InChI=1S/C24H24F3N9O2/c1-14-17(10-32-38-14)23(37)35-7-6-34(13-19(35)15-8-30-31-9-15)21-4-5-28-22(33-21)18-11-29-20-3-2-16(12-36(18)20)24(25,26)27/h2-5,10-12,15,19,30-31H,6-9,13H2,1H3/t19-/m0/s1. The zero-order chi connectivity index (χ0) is 26.4. The Morgan fingerprint density at radius 1 is 1.11 bits per heavy atom. The minimum Gasteiger partial charge on any atom is -0.361 e. The molecule has 4 aromatic heterocycles. The maximum Gasteiger partial charge on any atom is 0.417 e. The largest absolute Gasteiger partial charge is 0.417 e. The summed E-state index contributed by atoms with van der Waals surface area (Å²) in [4.78, 5) is 30.5. The Morgan fingerprint density at radius 2 is 1.92 bits per heavy atom. The smallest absolute Gasteiger partial charge is 0.361 e. The molecule has 1 atom stereocenters. The molecule has 1 amide bonds. The number of amides is 1. The van der Waals surface area contributed by atoms with Crippen LogP contribution in [0.1, 0.15) is 21.7 Å². The van der Waals surface area contributed by atoms with Crippen LogP contribution >= 0.6 is 0 Å². The zero-order valence-corrected chi connectivity index (χ0v) is 20.3. The molecule has 11 nitrogen and oxygen atoms in total. The van der Waals surface area contributed by atoms with E-state index in [0.717, 1.165) is 12.3 Å². The number of imidazole rings is 1. The van der Waals surface area contributed by atoms with Gasteiger partial charge in [-0.2, -0.15) is 13.2 Å². The number of anilines is 1. The Kier molecular flexibility index (Phi) is 5.99. The number of fused-ring (bicyclic) bond motifs is 1. The molecule has 0 aromatic carbocycles. The van der Waals surface area contributed by atoms with Crippen LogP contribution in [0.2, 0.25) is 0 Å². The fourth-order valence-corrected chi connectivity index (χ4v) is 5.05. The van der Waals surface area contributed by atoms with E-state index in [-0.39, 0.29) is 23.7 Å². The second-order valence-electron chi connectivity index (χ2n) is 9.36. The molecule has 2 aliphatic heterocycles. The Bertz CT molecular complexity index is 1480. The summed E-state index contributed by atoms with van der Waals surface area (Å²) in [5, 5.41) is 3.75. The van der Waals surface area contributed by atoms with E-state index in [9.17, 15) is 18.0 Å². The summed E-state index contributed by atoms with van der Waals surface area (Å²) in [5.74, 6) is 1.38. The van der Waals surface area contributed by atoms with Gasteiger partial charge in [-0.15, -0.1) is 0 Å². The lowest BCUT2D eigenvalue weighted by molar-refractivity contribution is -0.137. The van der Waals surface area contributed by atoms with E-state index in [1.807, 2.05) is 4.90 Å². The van der Waals surface area contributed by atoms with E-state index in [2.05, 4.69) is 35.9 Å². The van der Waals surface area contributed by atoms with Gasteiger partial charge in [-0.3, -0.25) is 20.0 Å². The van der Waals surface area contributed by atoms with Crippen molar-refractivity contribution in [2.75, 3.05) is 37.6 Å². The fourth-order valence-electron chi connectivity index (χ4n) is 5.05. The van der Waals surface area contributed by atoms with Crippen molar-refractivity contribution < 1.29 is 22.5 Å². The SMILES string of the molecule is Cc1oncc1C(=O)N1CCN(c2ccnc(-c3cnc4ccc(C(F)(F)F)cn34)n2)C[C@H]1C1CNNC1. The number of hydrazine groups is 1. The summed E-state index contributed by atoms with van der Waals surface area (Å²) in [6.45, 7) is 4.60. The second kappa shape index (κ2) is 9.36. The van der Waals surface area contributed by atoms with Crippen LogP contribution in [0.5, 0.6) is 0 Å². The molecule has 0 saturated carbocycles. The number of nitrogens with zero attached hydrogens (tertiary/aromatic N) is 7. The van der Waals surface area contributed by atoms with Gasteiger partial charge in [0.1, 0.15) is 28.5 Å². The Balaban J connectivity index is 1.30. The van der Waals surface area contributed by atoms with Gasteiger partial charge >= 0.3 is 6.18 Å². The first-order chi connectivity index (χ1) is 18.3. The number of rotatable bonds is 4. The number of carbonyl (C=O) groups excluding carboxylic acids is 1. The van der Waals surface area contributed by atoms with Crippen molar-refractivity contribution in [3.05, 3.63) is 59.9 Å². The molecule has 0 aliphatic carbocycles. The predicted molar refractivity (Wildman–Crippen MR) is 129 cm³/mol. The summed E-state index contributed by atoms with van der Waals surface area (Å²) in [6.07, 6.45) is 1.01.